The average Bonchev–Trinajstić information content (AvgIpc) is 1.88. The zero-order chi connectivity index (χ0) is 7.56. The van der Waals surface area contributed by atoms with Crippen molar-refractivity contribution in [3.63, 3.8) is 0 Å². The minimum absolute atomic E-state index is 0.218. The smallest absolute Gasteiger partial charge is 0.306 e. The summed E-state index contributed by atoms with van der Waals surface area (Å²) in [5.74, 6) is -1.27. The Bertz CT molecular complexity index is 136. The fraction of sp³-hybridized carbons (Fsp3) is 0.857. The first-order chi connectivity index (χ1) is 4.70. The highest BCUT2D eigenvalue weighted by Gasteiger charge is 2.26. The third-order valence-corrected chi connectivity index (χ3v) is 1.96. The molecule has 1 N–H and O–H groups in total. The molecule has 3 heteroatoms. The van der Waals surface area contributed by atoms with Crippen LogP contribution < -0.4 is 0 Å². The summed E-state index contributed by atoms with van der Waals surface area (Å²) in [5, 5.41) is 8.49. The summed E-state index contributed by atoms with van der Waals surface area (Å²) in [5.41, 5.74) is 0. The number of halogens is 1. The Balaban J connectivity index is 2.39. The quantitative estimate of drug-likeness (QED) is 0.610. The lowest BCUT2D eigenvalue weighted by molar-refractivity contribution is -0.143. The molecular formula is C7H11FO2. The molecule has 1 fully saturated rings. The normalized spacial score (nSPS) is 33.7. The number of carbonyl (C=O) groups is 1. The lowest BCUT2D eigenvalue weighted by atomic mass is 9.88. The second-order valence-corrected chi connectivity index (χ2v) is 2.80. The van der Waals surface area contributed by atoms with Crippen LogP contribution in [0.1, 0.15) is 25.7 Å². The van der Waals surface area contributed by atoms with Gasteiger partial charge >= 0.3 is 5.97 Å². The SMILES string of the molecule is O=C(O)[C@H]1CCC[C@@H](F)C1. The first-order valence-electron chi connectivity index (χ1n) is 3.57. The Morgan fingerprint density at radius 2 is 2.20 bits per heavy atom. The molecule has 0 spiro atoms. The van der Waals surface area contributed by atoms with Crippen LogP contribution in [-0.4, -0.2) is 17.2 Å². The van der Waals surface area contributed by atoms with Crippen LogP contribution in [0.25, 0.3) is 0 Å². The van der Waals surface area contributed by atoms with Crippen LogP contribution >= 0.6 is 0 Å². The van der Waals surface area contributed by atoms with Gasteiger partial charge in [-0.25, -0.2) is 4.39 Å². The fourth-order valence-electron chi connectivity index (χ4n) is 1.35. The van der Waals surface area contributed by atoms with Gasteiger partial charge in [0.25, 0.3) is 0 Å². The van der Waals surface area contributed by atoms with Crippen LogP contribution in [-0.2, 0) is 4.79 Å². The standard InChI is InChI=1S/C7H11FO2/c8-6-3-1-2-5(4-6)7(9)10/h5-6H,1-4H2,(H,9,10)/t5-,6+/m0/s1. The first-order valence-corrected chi connectivity index (χ1v) is 3.57. The van der Waals surface area contributed by atoms with Crippen molar-refractivity contribution >= 4 is 5.97 Å². The van der Waals surface area contributed by atoms with Crippen LogP contribution in [0.3, 0.4) is 0 Å². The Kier molecular flexibility index (Phi) is 2.25. The minimum Gasteiger partial charge on any atom is -0.481 e. The van der Waals surface area contributed by atoms with E-state index in [2.05, 4.69) is 0 Å². The minimum atomic E-state index is -0.880. The molecule has 0 unspecified atom stereocenters. The van der Waals surface area contributed by atoms with Gasteiger partial charge in [0.1, 0.15) is 6.17 Å². The molecule has 0 bridgehead atoms. The van der Waals surface area contributed by atoms with Gasteiger partial charge in [-0.15, -0.1) is 0 Å². The van der Waals surface area contributed by atoms with E-state index in [4.69, 9.17) is 5.11 Å². The summed E-state index contributed by atoms with van der Waals surface area (Å²) in [6.45, 7) is 0. The molecule has 2 atom stereocenters. The zero-order valence-electron chi connectivity index (χ0n) is 5.72. The molecule has 0 heterocycles. The molecule has 0 aromatic carbocycles. The molecule has 0 saturated heterocycles. The van der Waals surface area contributed by atoms with E-state index in [1.165, 1.54) is 0 Å². The maximum Gasteiger partial charge on any atom is 0.306 e. The number of hydrogen-bond acceptors (Lipinski definition) is 1. The summed E-state index contributed by atoms with van der Waals surface area (Å²) in [6.07, 6.45) is 1.25. The van der Waals surface area contributed by atoms with Crippen molar-refractivity contribution in [2.45, 2.75) is 31.9 Å². The topological polar surface area (TPSA) is 37.3 Å². The van der Waals surface area contributed by atoms with Crippen molar-refractivity contribution in [1.29, 1.82) is 0 Å². The van der Waals surface area contributed by atoms with Crippen LogP contribution in [0.5, 0.6) is 0 Å². The monoisotopic (exact) mass is 146 g/mol. The molecule has 0 aromatic rings. The molecule has 0 aliphatic heterocycles. The van der Waals surface area contributed by atoms with Crippen LogP contribution in [0.15, 0.2) is 0 Å². The van der Waals surface area contributed by atoms with E-state index >= 15 is 0 Å². The second kappa shape index (κ2) is 2.99. The molecule has 1 rings (SSSR count). The highest BCUT2D eigenvalue weighted by Crippen LogP contribution is 2.26. The number of alkyl halides is 1. The molecule has 10 heavy (non-hydrogen) atoms. The van der Waals surface area contributed by atoms with Crippen LogP contribution in [0.2, 0.25) is 0 Å². The number of hydrogen-bond donors (Lipinski definition) is 1. The van der Waals surface area contributed by atoms with Crippen molar-refractivity contribution in [3.8, 4) is 0 Å². The number of rotatable bonds is 1. The van der Waals surface area contributed by atoms with Gasteiger partial charge in [-0.1, -0.05) is 0 Å². The fourth-order valence-corrected chi connectivity index (χ4v) is 1.35. The molecule has 0 amide bonds. The summed E-state index contributed by atoms with van der Waals surface area (Å²) in [4.78, 5) is 10.3. The maximum absolute atomic E-state index is 12.5. The van der Waals surface area contributed by atoms with Gasteiger partial charge in [-0.05, 0) is 25.7 Å². The van der Waals surface area contributed by atoms with Crippen molar-refractivity contribution < 1.29 is 14.3 Å². The van der Waals surface area contributed by atoms with Gasteiger partial charge in [-0.3, -0.25) is 4.79 Å². The van der Waals surface area contributed by atoms with E-state index in [9.17, 15) is 9.18 Å². The zero-order valence-corrected chi connectivity index (χ0v) is 5.72. The average molecular weight is 146 g/mol. The second-order valence-electron chi connectivity index (χ2n) is 2.80. The Morgan fingerprint density at radius 1 is 1.50 bits per heavy atom. The van der Waals surface area contributed by atoms with Gasteiger partial charge < -0.3 is 5.11 Å². The Morgan fingerprint density at radius 3 is 2.60 bits per heavy atom. The van der Waals surface area contributed by atoms with Gasteiger partial charge in [-0.2, -0.15) is 0 Å². The van der Waals surface area contributed by atoms with Crippen LogP contribution in [0, 0.1) is 5.92 Å². The largest absolute Gasteiger partial charge is 0.481 e. The van der Waals surface area contributed by atoms with Crippen molar-refractivity contribution in [2.24, 2.45) is 5.92 Å². The van der Waals surface area contributed by atoms with E-state index in [1.807, 2.05) is 0 Å². The molecular weight excluding hydrogens is 135 g/mol. The molecule has 58 valence electrons. The van der Waals surface area contributed by atoms with Crippen molar-refractivity contribution in [3.05, 3.63) is 0 Å². The van der Waals surface area contributed by atoms with Crippen molar-refractivity contribution in [2.75, 3.05) is 0 Å². The highest BCUT2D eigenvalue weighted by molar-refractivity contribution is 5.70. The third-order valence-electron chi connectivity index (χ3n) is 1.96. The highest BCUT2D eigenvalue weighted by atomic mass is 19.1. The molecule has 0 aromatic heterocycles. The number of aliphatic carboxylic acids is 1. The van der Waals surface area contributed by atoms with Gasteiger partial charge in [0.05, 0.1) is 5.92 Å². The van der Waals surface area contributed by atoms with Gasteiger partial charge in [0.15, 0.2) is 0 Å². The molecule has 2 nitrogen and oxygen atoms in total. The van der Waals surface area contributed by atoms with Crippen LogP contribution in [0.4, 0.5) is 4.39 Å². The van der Waals surface area contributed by atoms with Gasteiger partial charge in [0, 0.05) is 0 Å². The maximum atomic E-state index is 12.5. The lowest BCUT2D eigenvalue weighted by Crippen LogP contribution is -2.22. The first kappa shape index (κ1) is 7.51. The van der Waals surface area contributed by atoms with E-state index < -0.39 is 18.1 Å². The Labute approximate surface area is 59.0 Å². The number of carboxylic acids is 1. The van der Waals surface area contributed by atoms with E-state index in [0.29, 0.717) is 12.8 Å². The number of carboxylic acid groups (broad SMARTS) is 1. The summed E-state index contributed by atoms with van der Waals surface area (Å²) in [7, 11) is 0. The van der Waals surface area contributed by atoms with E-state index in [-0.39, 0.29) is 6.42 Å². The Hall–Kier alpha value is -0.600. The summed E-state index contributed by atoms with van der Waals surface area (Å²) < 4.78 is 12.5. The predicted octanol–water partition coefficient (Wildman–Crippen LogP) is 1.60. The lowest BCUT2D eigenvalue weighted by Gasteiger charge is -2.20. The summed E-state index contributed by atoms with van der Waals surface area (Å²) in [6, 6.07) is 0. The molecule has 1 saturated carbocycles. The third kappa shape index (κ3) is 1.69. The molecule has 1 aliphatic rings. The summed E-state index contributed by atoms with van der Waals surface area (Å²) >= 11 is 0. The van der Waals surface area contributed by atoms with E-state index in [1.54, 1.807) is 0 Å². The van der Waals surface area contributed by atoms with Gasteiger partial charge in [0.2, 0.25) is 0 Å². The van der Waals surface area contributed by atoms with E-state index in [0.717, 1.165) is 6.42 Å². The van der Waals surface area contributed by atoms with Crippen molar-refractivity contribution in [1.82, 2.24) is 0 Å². The predicted molar refractivity (Wildman–Crippen MR) is 34.5 cm³/mol. The molecule has 0 radical (unpaired) electrons. The molecule has 1 aliphatic carbocycles.